The van der Waals surface area contributed by atoms with E-state index in [0.29, 0.717) is 30.0 Å². The summed E-state index contributed by atoms with van der Waals surface area (Å²) in [5, 5.41) is 0. The van der Waals surface area contributed by atoms with Gasteiger partial charge in [0.05, 0.1) is 0 Å². The fourth-order valence-electron chi connectivity index (χ4n) is 2.70. The molecule has 0 fully saturated rings. The number of rotatable bonds is 3. The molecule has 0 atom stereocenters. The molecule has 3 rings (SSSR count). The van der Waals surface area contributed by atoms with Gasteiger partial charge in [-0.1, -0.05) is 19.1 Å². The molecule has 0 aliphatic carbocycles. The first-order valence-electron chi connectivity index (χ1n) is 7.33. The van der Waals surface area contributed by atoms with Crippen molar-refractivity contribution in [2.24, 2.45) is 14.1 Å². The lowest BCUT2D eigenvalue weighted by atomic mass is 10.2. The van der Waals surface area contributed by atoms with Gasteiger partial charge in [-0.25, -0.2) is 14.2 Å². The number of imidazole rings is 1. The first-order valence-corrected chi connectivity index (χ1v) is 7.33. The second-order valence-corrected chi connectivity index (χ2v) is 5.47. The highest BCUT2D eigenvalue weighted by Gasteiger charge is 2.18. The molecule has 0 saturated heterocycles. The Bertz CT molecular complexity index is 996. The molecule has 2 aromatic heterocycles. The molecule has 0 N–H and O–H groups in total. The number of halogens is 1. The van der Waals surface area contributed by atoms with Gasteiger partial charge < -0.3 is 4.57 Å². The van der Waals surface area contributed by atoms with E-state index in [2.05, 4.69) is 4.98 Å². The molecule has 1 aromatic carbocycles. The van der Waals surface area contributed by atoms with Crippen LogP contribution in [0.3, 0.4) is 0 Å². The van der Waals surface area contributed by atoms with E-state index in [4.69, 9.17) is 0 Å². The number of fused-ring (bicyclic) bond motifs is 1. The van der Waals surface area contributed by atoms with Gasteiger partial charge in [0.1, 0.15) is 11.6 Å². The molecular weight excluding hydrogens is 299 g/mol. The third-order valence-electron chi connectivity index (χ3n) is 4.00. The van der Waals surface area contributed by atoms with Gasteiger partial charge in [0.2, 0.25) is 0 Å². The lowest BCUT2D eigenvalue weighted by Crippen LogP contribution is -2.37. The Morgan fingerprint density at radius 1 is 1.09 bits per heavy atom. The normalized spacial score (nSPS) is 11.3. The molecule has 120 valence electrons. The van der Waals surface area contributed by atoms with Crippen LogP contribution in [0.25, 0.3) is 11.2 Å². The van der Waals surface area contributed by atoms with Gasteiger partial charge in [-0.05, 0) is 17.7 Å². The van der Waals surface area contributed by atoms with Crippen LogP contribution in [-0.4, -0.2) is 18.7 Å². The Hall–Kier alpha value is -2.70. The molecule has 0 spiro atoms. The van der Waals surface area contributed by atoms with Crippen LogP contribution in [-0.2, 0) is 27.1 Å². The average molecular weight is 316 g/mol. The second-order valence-electron chi connectivity index (χ2n) is 5.47. The van der Waals surface area contributed by atoms with Crippen LogP contribution in [0.15, 0.2) is 33.9 Å². The summed E-state index contributed by atoms with van der Waals surface area (Å²) in [5.41, 5.74) is 0.832. The predicted octanol–water partition coefficient (Wildman–Crippen LogP) is 1.18. The quantitative estimate of drug-likeness (QED) is 0.729. The fourth-order valence-corrected chi connectivity index (χ4v) is 2.70. The first-order chi connectivity index (χ1) is 10.9. The average Bonchev–Trinajstić information content (AvgIpc) is 2.91. The third-order valence-corrected chi connectivity index (χ3v) is 4.00. The van der Waals surface area contributed by atoms with Crippen molar-refractivity contribution in [1.82, 2.24) is 18.7 Å². The first kappa shape index (κ1) is 15.2. The Kier molecular flexibility index (Phi) is 3.63. The van der Waals surface area contributed by atoms with Gasteiger partial charge in [0.25, 0.3) is 5.56 Å². The molecule has 0 radical (unpaired) electrons. The van der Waals surface area contributed by atoms with Gasteiger partial charge >= 0.3 is 5.69 Å². The van der Waals surface area contributed by atoms with Gasteiger partial charge in [0, 0.05) is 27.1 Å². The van der Waals surface area contributed by atoms with Gasteiger partial charge in [0.15, 0.2) is 11.2 Å². The van der Waals surface area contributed by atoms with Crippen molar-refractivity contribution in [3.05, 3.63) is 62.3 Å². The zero-order valence-electron chi connectivity index (χ0n) is 13.2. The standard InChI is InChI=1S/C16H17FN4O2/c1-4-12-18-14-13(15(22)20(3)16(23)19(14)2)21(12)9-10-5-7-11(17)8-6-10/h5-8H,4,9H2,1-3H3. The molecule has 6 nitrogen and oxygen atoms in total. The number of aryl methyl sites for hydroxylation is 2. The van der Waals surface area contributed by atoms with Gasteiger partial charge in [-0.2, -0.15) is 0 Å². The third kappa shape index (κ3) is 2.38. The molecular formula is C16H17FN4O2. The number of hydrogen-bond donors (Lipinski definition) is 0. The van der Waals surface area contributed by atoms with Crippen LogP contribution in [0, 0.1) is 5.82 Å². The van der Waals surface area contributed by atoms with Crippen LogP contribution in [0.5, 0.6) is 0 Å². The Morgan fingerprint density at radius 2 is 1.74 bits per heavy atom. The number of aromatic nitrogens is 4. The predicted molar refractivity (Wildman–Crippen MR) is 85.1 cm³/mol. The summed E-state index contributed by atoms with van der Waals surface area (Å²) in [6.45, 7) is 2.33. The number of benzene rings is 1. The lowest BCUT2D eigenvalue weighted by Gasteiger charge is -2.09. The minimum Gasteiger partial charge on any atom is -0.318 e. The van der Waals surface area contributed by atoms with Crippen molar-refractivity contribution in [2.75, 3.05) is 0 Å². The Labute approximate surface area is 131 Å². The molecule has 0 amide bonds. The van der Waals surface area contributed by atoms with Crippen molar-refractivity contribution in [3.63, 3.8) is 0 Å². The molecule has 3 aromatic rings. The fraction of sp³-hybridized carbons (Fsp3) is 0.312. The van der Waals surface area contributed by atoms with E-state index in [9.17, 15) is 14.0 Å². The summed E-state index contributed by atoms with van der Waals surface area (Å²) in [7, 11) is 3.05. The molecule has 2 heterocycles. The Morgan fingerprint density at radius 3 is 2.35 bits per heavy atom. The molecule has 0 aliphatic rings. The second kappa shape index (κ2) is 5.49. The highest BCUT2D eigenvalue weighted by molar-refractivity contribution is 5.71. The Balaban J connectivity index is 2.29. The monoisotopic (exact) mass is 316 g/mol. The lowest BCUT2D eigenvalue weighted by molar-refractivity contribution is 0.626. The minimum absolute atomic E-state index is 0.307. The molecule has 23 heavy (non-hydrogen) atoms. The summed E-state index contributed by atoms with van der Waals surface area (Å²) < 4.78 is 17.3. The van der Waals surface area contributed by atoms with Crippen LogP contribution in [0.4, 0.5) is 4.39 Å². The smallest absolute Gasteiger partial charge is 0.318 e. The summed E-state index contributed by atoms with van der Waals surface area (Å²) in [6, 6.07) is 6.11. The highest BCUT2D eigenvalue weighted by atomic mass is 19.1. The van der Waals surface area contributed by atoms with E-state index in [1.54, 1.807) is 23.7 Å². The minimum atomic E-state index is -0.406. The summed E-state index contributed by atoms with van der Waals surface area (Å²) >= 11 is 0. The highest BCUT2D eigenvalue weighted by Crippen LogP contribution is 2.15. The molecule has 7 heteroatoms. The van der Waals surface area contributed by atoms with Gasteiger partial charge in [-0.3, -0.25) is 13.9 Å². The van der Waals surface area contributed by atoms with Crippen molar-refractivity contribution in [2.45, 2.75) is 19.9 Å². The molecule has 0 bridgehead atoms. The summed E-state index contributed by atoms with van der Waals surface area (Å²) in [5.74, 6) is 0.404. The van der Waals surface area contributed by atoms with E-state index in [1.165, 1.54) is 23.7 Å². The van der Waals surface area contributed by atoms with Crippen molar-refractivity contribution in [3.8, 4) is 0 Å². The van der Waals surface area contributed by atoms with Crippen LogP contribution < -0.4 is 11.2 Å². The van der Waals surface area contributed by atoms with E-state index in [0.717, 1.165) is 10.1 Å². The van der Waals surface area contributed by atoms with Crippen molar-refractivity contribution in [1.29, 1.82) is 0 Å². The SMILES string of the molecule is CCc1nc2c(c(=O)n(C)c(=O)n2C)n1Cc1ccc(F)cc1. The van der Waals surface area contributed by atoms with E-state index in [1.807, 2.05) is 6.92 Å². The van der Waals surface area contributed by atoms with Crippen LogP contribution in [0.1, 0.15) is 18.3 Å². The largest absolute Gasteiger partial charge is 0.332 e. The maximum absolute atomic E-state index is 13.1. The topological polar surface area (TPSA) is 61.8 Å². The van der Waals surface area contributed by atoms with E-state index >= 15 is 0 Å². The van der Waals surface area contributed by atoms with Gasteiger partial charge in [-0.15, -0.1) is 0 Å². The van der Waals surface area contributed by atoms with Crippen LogP contribution in [0.2, 0.25) is 0 Å². The zero-order chi connectivity index (χ0) is 16.7. The van der Waals surface area contributed by atoms with E-state index in [-0.39, 0.29) is 11.4 Å². The maximum atomic E-state index is 13.1. The van der Waals surface area contributed by atoms with E-state index < -0.39 is 5.69 Å². The molecule has 0 aliphatic heterocycles. The zero-order valence-corrected chi connectivity index (χ0v) is 13.2. The van der Waals surface area contributed by atoms with Crippen molar-refractivity contribution >= 4 is 11.2 Å². The maximum Gasteiger partial charge on any atom is 0.332 e. The van der Waals surface area contributed by atoms with Crippen LogP contribution >= 0.6 is 0 Å². The summed E-state index contributed by atoms with van der Waals surface area (Å²) in [6.07, 6.45) is 0.618. The van der Waals surface area contributed by atoms with Crippen molar-refractivity contribution < 1.29 is 4.39 Å². The molecule has 0 saturated carbocycles. The molecule has 0 unspecified atom stereocenters. The summed E-state index contributed by atoms with van der Waals surface area (Å²) in [4.78, 5) is 29.0. The number of hydrogen-bond acceptors (Lipinski definition) is 3. The number of nitrogens with zero attached hydrogens (tertiary/aromatic N) is 4.